The molecule has 4 rings (SSSR count). The number of benzene rings is 3. The third kappa shape index (κ3) is 2.65. The smallest absolute Gasteiger partial charge is 0.275 e. The fourth-order valence-corrected chi connectivity index (χ4v) is 2.67. The van der Waals surface area contributed by atoms with Crippen LogP contribution in [0.3, 0.4) is 0 Å². The first-order valence-electron chi connectivity index (χ1n) is 7.60. The molecule has 1 N–H and O–H groups in total. The Morgan fingerprint density at radius 2 is 1.75 bits per heavy atom. The molecule has 0 atom stereocenters. The zero-order valence-corrected chi connectivity index (χ0v) is 12.8. The molecule has 0 saturated heterocycles. The summed E-state index contributed by atoms with van der Waals surface area (Å²) in [5, 5.41) is 7.12. The second-order valence-corrected chi connectivity index (χ2v) is 5.45. The minimum atomic E-state index is -0.294. The van der Waals surface area contributed by atoms with Crippen molar-refractivity contribution >= 4 is 33.9 Å². The third-order valence-electron chi connectivity index (χ3n) is 3.88. The van der Waals surface area contributed by atoms with Gasteiger partial charge in [-0.15, -0.1) is 0 Å². The SMILES string of the molecule is O=C(N/N=C/c1ccc2ccccc2c1)c1coc2ccccc12. The number of para-hydroxylation sites is 1. The number of rotatable bonds is 3. The lowest BCUT2D eigenvalue weighted by Gasteiger charge is -2.00. The summed E-state index contributed by atoms with van der Waals surface area (Å²) in [6, 6.07) is 21.5. The van der Waals surface area contributed by atoms with E-state index in [0.29, 0.717) is 11.1 Å². The fourth-order valence-electron chi connectivity index (χ4n) is 2.67. The lowest BCUT2D eigenvalue weighted by atomic mass is 10.1. The van der Waals surface area contributed by atoms with E-state index < -0.39 is 0 Å². The average Bonchev–Trinajstić information content (AvgIpc) is 3.06. The second kappa shape index (κ2) is 6.01. The highest BCUT2D eigenvalue weighted by Crippen LogP contribution is 2.20. The molecule has 0 unspecified atom stereocenters. The van der Waals surface area contributed by atoms with Crippen LogP contribution in [-0.4, -0.2) is 12.1 Å². The normalized spacial score (nSPS) is 11.3. The zero-order chi connectivity index (χ0) is 16.4. The molecule has 0 aliphatic heterocycles. The van der Waals surface area contributed by atoms with Crippen molar-refractivity contribution in [1.29, 1.82) is 0 Å². The van der Waals surface area contributed by atoms with Crippen LogP contribution >= 0.6 is 0 Å². The van der Waals surface area contributed by atoms with Crippen molar-refractivity contribution < 1.29 is 9.21 Å². The average molecular weight is 314 g/mol. The number of hydrogen-bond donors (Lipinski definition) is 1. The van der Waals surface area contributed by atoms with Crippen LogP contribution in [-0.2, 0) is 0 Å². The summed E-state index contributed by atoms with van der Waals surface area (Å²) in [6.07, 6.45) is 3.08. The molecule has 0 radical (unpaired) electrons. The van der Waals surface area contributed by atoms with Crippen molar-refractivity contribution in [1.82, 2.24) is 5.43 Å². The Morgan fingerprint density at radius 3 is 2.67 bits per heavy atom. The van der Waals surface area contributed by atoms with Crippen LogP contribution in [0.25, 0.3) is 21.7 Å². The van der Waals surface area contributed by atoms with Gasteiger partial charge >= 0.3 is 0 Å². The molecule has 116 valence electrons. The Morgan fingerprint density at radius 1 is 0.958 bits per heavy atom. The van der Waals surface area contributed by atoms with E-state index >= 15 is 0 Å². The van der Waals surface area contributed by atoms with E-state index in [-0.39, 0.29) is 5.91 Å². The highest BCUT2D eigenvalue weighted by atomic mass is 16.3. The van der Waals surface area contributed by atoms with Crippen LogP contribution in [0.15, 0.2) is 82.5 Å². The van der Waals surface area contributed by atoms with Crippen LogP contribution in [0.2, 0.25) is 0 Å². The van der Waals surface area contributed by atoms with Gasteiger partial charge in [0.15, 0.2) is 0 Å². The predicted molar refractivity (Wildman–Crippen MR) is 95.2 cm³/mol. The molecule has 4 heteroatoms. The van der Waals surface area contributed by atoms with Gasteiger partial charge in [0.25, 0.3) is 5.91 Å². The second-order valence-electron chi connectivity index (χ2n) is 5.45. The summed E-state index contributed by atoms with van der Waals surface area (Å²) in [7, 11) is 0. The predicted octanol–water partition coefficient (Wildman–Crippen LogP) is 4.35. The van der Waals surface area contributed by atoms with Gasteiger partial charge in [0.05, 0.1) is 11.8 Å². The first-order valence-corrected chi connectivity index (χ1v) is 7.60. The number of nitrogens with one attached hydrogen (secondary N) is 1. The van der Waals surface area contributed by atoms with Gasteiger partial charge < -0.3 is 4.42 Å². The van der Waals surface area contributed by atoms with Crippen molar-refractivity contribution in [2.24, 2.45) is 5.10 Å². The van der Waals surface area contributed by atoms with E-state index in [0.717, 1.165) is 16.3 Å². The standard InChI is InChI=1S/C20H14N2O2/c23-20(18-13-24-19-8-4-3-7-17(18)19)22-21-12-14-9-10-15-5-1-2-6-16(15)11-14/h1-13H,(H,22,23)/b21-12+. The maximum atomic E-state index is 12.2. The van der Waals surface area contributed by atoms with E-state index in [1.54, 1.807) is 6.21 Å². The summed E-state index contributed by atoms with van der Waals surface area (Å²) in [5.74, 6) is -0.294. The van der Waals surface area contributed by atoms with E-state index in [4.69, 9.17) is 4.42 Å². The first kappa shape index (κ1) is 14.2. The van der Waals surface area contributed by atoms with E-state index in [2.05, 4.69) is 16.6 Å². The maximum Gasteiger partial charge on any atom is 0.275 e. The molecule has 3 aromatic carbocycles. The van der Waals surface area contributed by atoms with E-state index in [1.165, 1.54) is 11.6 Å². The van der Waals surface area contributed by atoms with Crippen molar-refractivity contribution in [2.75, 3.05) is 0 Å². The highest BCUT2D eigenvalue weighted by molar-refractivity contribution is 6.06. The molecule has 0 aliphatic carbocycles. The number of hydrazone groups is 1. The van der Waals surface area contributed by atoms with Crippen LogP contribution in [0.5, 0.6) is 0 Å². The Bertz CT molecular complexity index is 1060. The first-order chi connectivity index (χ1) is 11.8. The van der Waals surface area contributed by atoms with Crippen LogP contribution in [0.4, 0.5) is 0 Å². The van der Waals surface area contributed by atoms with Crippen molar-refractivity contribution in [2.45, 2.75) is 0 Å². The zero-order valence-electron chi connectivity index (χ0n) is 12.8. The molecule has 0 spiro atoms. The Hall–Kier alpha value is -3.40. The summed E-state index contributed by atoms with van der Waals surface area (Å²) in [6.45, 7) is 0. The van der Waals surface area contributed by atoms with Gasteiger partial charge in [-0.1, -0.05) is 54.6 Å². The number of hydrogen-bond acceptors (Lipinski definition) is 3. The molecule has 1 amide bonds. The summed E-state index contributed by atoms with van der Waals surface area (Å²) in [5.41, 5.74) is 4.62. The number of carbonyl (C=O) groups excluding carboxylic acids is 1. The third-order valence-corrected chi connectivity index (χ3v) is 3.88. The molecule has 4 aromatic rings. The number of carbonyl (C=O) groups is 1. The van der Waals surface area contributed by atoms with Crippen LogP contribution in [0, 0.1) is 0 Å². The number of nitrogens with zero attached hydrogens (tertiary/aromatic N) is 1. The fraction of sp³-hybridized carbons (Fsp3) is 0. The highest BCUT2D eigenvalue weighted by Gasteiger charge is 2.12. The van der Waals surface area contributed by atoms with Gasteiger partial charge in [-0.25, -0.2) is 5.43 Å². The lowest BCUT2D eigenvalue weighted by Crippen LogP contribution is -2.17. The number of furan rings is 1. The van der Waals surface area contributed by atoms with Crippen molar-refractivity contribution in [3.63, 3.8) is 0 Å². The molecule has 1 heterocycles. The molecule has 0 bridgehead atoms. The molecule has 4 nitrogen and oxygen atoms in total. The molecule has 0 saturated carbocycles. The number of amides is 1. The molecule has 24 heavy (non-hydrogen) atoms. The molecule has 0 aliphatic rings. The van der Waals surface area contributed by atoms with E-state index in [1.807, 2.05) is 60.7 Å². The molecule has 1 aromatic heterocycles. The summed E-state index contributed by atoms with van der Waals surface area (Å²) >= 11 is 0. The molecular formula is C20H14N2O2. The Kier molecular flexibility index (Phi) is 3.56. The van der Waals surface area contributed by atoms with Gasteiger partial charge in [0.2, 0.25) is 0 Å². The van der Waals surface area contributed by atoms with Gasteiger partial charge in [-0.3, -0.25) is 4.79 Å². The quantitative estimate of drug-likeness (QED) is 0.451. The lowest BCUT2D eigenvalue weighted by molar-refractivity contribution is 0.0956. The van der Waals surface area contributed by atoms with E-state index in [9.17, 15) is 4.79 Å². The minimum Gasteiger partial charge on any atom is -0.463 e. The van der Waals surface area contributed by atoms with Gasteiger partial charge in [-0.05, 0) is 28.5 Å². The Labute approximate surface area is 138 Å². The largest absolute Gasteiger partial charge is 0.463 e. The van der Waals surface area contributed by atoms with Crippen molar-refractivity contribution in [3.05, 3.63) is 84.1 Å². The maximum absolute atomic E-state index is 12.2. The van der Waals surface area contributed by atoms with Crippen LogP contribution < -0.4 is 5.43 Å². The van der Waals surface area contributed by atoms with Crippen molar-refractivity contribution in [3.8, 4) is 0 Å². The molecular weight excluding hydrogens is 300 g/mol. The van der Waals surface area contributed by atoms with Crippen LogP contribution in [0.1, 0.15) is 15.9 Å². The topological polar surface area (TPSA) is 54.6 Å². The summed E-state index contributed by atoms with van der Waals surface area (Å²) < 4.78 is 5.37. The Balaban J connectivity index is 1.52. The minimum absolute atomic E-state index is 0.294. The van der Waals surface area contributed by atoms with Gasteiger partial charge in [-0.2, -0.15) is 5.10 Å². The monoisotopic (exact) mass is 314 g/mol. The number of fused-ring (bicyclic) bond motifs is 2. The molecule has 0 fully saturated rings. The van der Waals surface area contributed by atoms with Gasteiger partial charge in [0.1, 0.15) is 11.8 Å². The van der Waals surface area contributed by atoms with Gasteiger partial charge in [0, 0.05) is 5.39 Å². The summed E-state index contributed by atoms with van der Waals surface area (Å²) in [4.78, 5) is 12.2.